The van der Waals surface area contributed by atoms with E-state index < -0.39 is 29.2 Å². The van der Waals surface area contributed by atoms with E-state index in [2.05, 4.69) is 32.3 Å². The van der Waals surface area contributed by atoms with Gasteiger partial charge in [0.05, 0.1) is 0 Å². The molecule has 202 valence electrons. The second-order valence-corrected chi connectivity index (χ2v) is 10.7. The molecule has 4 heterocycles. The van der Waals surface area contributed by atoms with Gasteiger partial charge in [0.15, 0.2) is 10.8 Å². The number of carbonyl (C=O) groups excluding carboxylic acids is 3. The number of carboxylic acid groups (broad SMARTS) is 1. The number of nitrogens with one attached hydrogen (secondary N) is 2. The van der Waals surface area contributed by atoms with Crippen molar-refractivity contribution < 1.29 is 29.1 Å². The Hall–Kier alpha value is -3.95. The lowest BCUT2D eigenvalue weighted by Gasteiger charge is -2.49. The Balaban J connectivity index is 1.45. The van der Waals surface area contributed by atoms with Gasteiger partial charge in [0.1, 0.15) is 29.4 Å². The summed E-state index contributed by atoms with van der Waals surface area (Å²) >= 11 is 3.85. The highest BCUT2D eigenvalue weighted by atomic mass is 32.2. The number of amides is 3. The summed E-state index contributed by atoms with van der Waals surface area (Å²) in [5.41, 5.74) is 1.39. The van der Waals surface area contributed by atoms with Crippen LogP contribution in [0.1, 0.15) is 11.3 Å². The smallest absolute Gasteiger partial charge is 0.352 e. The SMILES string of the molecule is C=CCON=C(C(=O)NC1C(=O)N2C(C(=O)O)=C(CS/C=C\c3cccnc3)CS[C@H]12)c1csc(NC=O)n1. The van der Waals surface area contributed by atoms with Crippen LogP contribution in [0.2, 0.25) is 0 Å². The number of hydrogen-bond acceptors (Lipinski definition) is 11. The van der Waals surface area contributed by atoms with Crippen molar-refractivity contribution >= 4 is 76.0 Å². The fourth-order valence-electron chi connectivity index (χ4n) is 3.61. The third kappa shape index (κ3) is 6.55. The number of aromatic nitrogens is 2. The largest absolute Gasteiger partial charge is 0.477 e. The van der Waals surface area contributed by atoms with Crippen molar-refractivity contribution in [3.05, 3.63) is 70.5 Å². The Morgan fingerprint density at radius 1 is 1.41 bits per heavy atom. The van der Waals surface area contributed by atoms with E-state index in [1.165, 1.54) is 39.9 Å². The number of anilines is 1. The number of rotatable bonds is 13. The molecule has 2 atom stereocenters. The predicted octanol–water partition coefficient (Wildman–Crippen LogP) is 2.16. The minimum Gasteiger partial charge on any atom is -0.477 e. The van der Waals surface area contributed by atoms with Crippen LogP contribution in [-0.2, 0) is 24.0 Å². The molecule has 12 nitrogen and oxygen atoms in total. The number of carbonyl (C=O) groups is 4. The van der Waals surface area contributed by atoms with Gasteiger partial charge in [-0.1, -0.05) is 23.9 Å². The van der Waals surface area contributed by atoms with E-state index in [1.807, 2.05) is 23.6 Å². The molecular weight excluding hydrogens is 565 g/mol. The summed E-state index contributed by atoms with van der Waals surface area (Å²) in [6.45, 7) is 3.55. The molecule has 1 unspecified atom stereocenters. The van der Waals surface area contributed by atoms with Crippen LogP contribution in [0.4, 0.5) is 5.13 Å². The van der Waals surface area contributed by atoms with E-state index in [0.717, 1.165) is 16.9 Å². The minimum atomic E-state index is -1.21. The topological polar surface area (TPSA) is 163 Å². The number of β-lactam (4-membered cyclic amide) rings is 1. The van der Waals surface area contributed by atoms with Crippen molar-refractivity contribution in [3.8, 4) is 0 Å². The molecule has 2 aliphatic rings. The first-order valence-electron chi connectivity index (χ1n) is 11.3. The zero-order valence-corrected chi connectivity index (χ0v) is 22.6. The Morgan fingerprint density at radius 3 is 2.97 bits per heavy atom. The molecule has 0 bridgehead atoms. The maximum atomic E-state index is 13.1. The second kappa shape index (κ2) is 13.2. The lowest BCUT2D eigenvalue weighted by Crippen LogP contribution is -2.71. The minimum absolute atomic E-state index is 0.0277. The quantitative estimate of drug-likeness (QED) is 0.0791. The van der Waals surface area contributed by atoms with E-state index in [-0.39, 0.29) is 28.8 Å². The zero-order chi connectivity index (χ0) is 27.8. The molecule has 2 aromatic rings. The Kier molecular flexibility index (Phi) is 9.51. The van der Waals surface area contributed by atoms with E-state index in [1.54, 1.807) is 12.4 Å². The molecule has 0 aliphatic carbocycles. The summed E-state index contributed by atoms with van der Waals surface area (Å²) in [7, 11) is 0. The van der Waals surface area contributed by atoms with Crippen LogP contribution < -0.4 is 10.6 Å². The van der Waals surface area contributed by atoms with Crippen LogP contribution in [0.15, 0.2) is 64.4 Å². The van der Waals surface area contributed by atoms with Gasteiger partial charge in [0.25, 0.3) is 11.8 Å². The van der Waals surface area contributed by atoms with Crippen LogP contribution in [0.3, 0.4) is 0 Å². The highest BCUT2D eigenvalue weighted by Crippen LogP contribution is 2.41. The van der Waals surface area contributed by atoms with Crippen molar-refractivity contribution in [2.75, 3.05) is 23.4 Å². The molecule has 1 fully saturated rings. The Morgan fingerprint density at radius 2 is 2.26 bits per heavy atom. The average molecular weight is 587 g/mol. The summed E-state index contributed by atoms with van der Waals surface area (Å²) in [4.78, 5) is 63.4. The summed E-state index contributed by atoms with van der Waals surface area (Å²) < 4.78 is 0. The summed E-state index contributed by atoms with van der Waals surface area (Å²) in [5.74, 6) is -1.71. The van der Waals surface area contributed by atoms with Crippen LogP contribution in [-0.4, -0.2) is 79.4 Å². The molecular formula is C24H22N6O6S3. The van der Waals surface area contributed by atoms with Gasteiger partial charge in [-0.2, -0.15) is 0 Å². The van der Waals surface area contributed by atoms with Crippen LogP contribution in [0.25, 0.3) is 6.08 Å². The lowest BCUT2D eigenvalue weighted by atomic mass is 10.0. The van der Waals surface area contributed by atoms with E-state index in [0.29, 0.717) is 23.5 Å². The summed E-state index contributed by atoms with van der Waals surface area (Å²) in [6, 6.07) is 2.75. The number of carboxylic acids is 1. The first kappa shape index (κ1) is 28.1. The van der Waals surface area contributed by atoms with E-state index in [9.17, 15) is 24.3 Å². The normalized spacial score (nSPS) is 18.8. The van der Waals surface area contributed by atoms with Crippen molar-refractivity contribution in [1.82, 2.24) is 20.2 Å². The third-order valence-corrected chi connectivity index (χ3v) is 8.28. The fourth-order valence-corrected chi connectivity index (χ4v) is 6.53. The lowest BCUT2D eigenvalue weighted by molar-refractivity contribution is -0.150. The number of thiazole rings is 1. The van der Waals surface area contributed by atoms with Crippen molar-refractivity contribution in [3.63, 3.8) is 0 Å². The van der Waals surface area contributed by atoms with Gasteiger partial charge in [-0.05, 0) is 28.7 Å². The summed E-state index contributed by atoms with van der Waals surface area (Å²) in [5, 5.41) is 21.7. The molecule has 0 radical (unpaired) electrons. The number of thioether (sulfide) groups is 2. The fraction of sp³-hybridized carbons (Fsp3) is 0.208. The van der Waals surface area contributed by atoms with Gasteiger partial charge in [0.2, 0.25) is 6.41 Å². The van der Waals surface area contributed by atoms with Gasteiger partial charge in [-0.25, -0.2) is 9.78 Å². The molecule has 0 aromatic carbocycles. The average Bonchev–Trinajstić information content (AvgIpc) is 3.40. The van der Waals surface area contributed by atoms with Crippen molar-refractivity contribution in [1.29, 1.82) is 0 Å². The number of aliphatic carboxylic acids is 1. The number of oxime groups is 1. The molecule has 15 heteroatoms. The number of pyridine rings is 1. The molecule has 39 heavy (non-hydrogen) atoms. The van der Waals surface area contributed by atoms with Gasteiger partial charge in [-0.3, -0.25) is 24.3 Å². The Labute approximate surface area is 235 Å². The number of nitrogens with zero attached hydrogens (tertiary/aromatic N) is 4. The molecule has 4 rings (SSSR count). The molecule has 3 N–H and O–H groups in total. The van der Waals surface area contributed by atoms with Gasteiger partial charge >= 0.3 is 5.97 Å². The molecule has 2 aromatic heterocycles. The monoisotopic (exact) mass is 586 g/mol. The maximum Gasteiger partial charge on any atom is 0.352 e. The van der Waals surface area contributed by atoms with Gasteiger partial charge in [0, 0.05) is 29.3 Å². The molecule has 0 spiro atoms. The van der Waals surface area contributed by atoms with Crippen LogP contribution in [0, 0.1) is 0 Å². The first-order valence-corrected chi connectivity index (χ1v) is 14.3. The predicted molar refractivity (Wildman–Crippen MR) is 150 cm³/mol. The third-order valence-electron chi connectivity index (χ3n) is 5.33. The molecule has 3 amide bonds. The molecule has 0 saturated carbocycles. The van der Waals surface area contributed by atoms with E-state index >= 15 is 0 Å². The van der Waals surface area contributed by atoms with Crippen LogP contribution >= 0.6 is 34.9 Å². The van der Waals surface area contributed by atoms with Crippen LogP contribution in [0.5, 0.6) is 0 Å². The molecule has 1 saturated heterocycles. The Bertz CT molecular complexity index is 1360. The molecule has 2 aliphatic heterocycles. The van der Waals surface area contributed by atoms with E-state index in [4.69, 9.17) is 4.84 Å². The first-order chi connectivity index (χ1) is 18.9. The van der Waals surface area contributed by atoms with Gasteiger partial charge < -0.3 is 20.6 Å². The second-order valence-electron chi connectivity index (χ2n) is 7.84. The highest BCUT2D eigenvalue weighted by molar-refractivity contribution is 8.02. The van der Waals surface area contributed by atoms with Crippen molar-refractivity contribution in [2.24, 2.45) is 5.16 Å². The standard InChI is InChI=1S/C24H22N6O6S3/c1-2-7-36-29-17(16-12-39-24(27-16)26-13-31)20(32)28-18-21(33)30-19(23(34)35)15(11-38-22(18)30)10-37-8-5-14-4-3-6-25-9-14/h2-6,8-9,12-13,18,22H,1,7,10-11H2,(H,28,32)(H,34,35)(H,26,27,31)/b8-5-,29-17?/t18?,22-/m1/s1. The maximum absolute atomic E-state index is 13.1. The van der Waals surface area contributed by atoms with Crippen molar-refractivity contribution in [2.45, 2.75) is 11.4 Å². The number of fused-ring (bicyclic) bond motifs is 1. The van der Waals surface area contributed by atoms with Gasteiger partial charge in [-0.15, -0.1) is 34.9 Å². The number of hydrogen-bond donors (Lipinski definition) is 3. The summed E-state index contributed by atoms with van der Waals surface area (Å²) in [6.07, 6.45) is 7.15. The zero-order valence-electron chi connectivity index (χ0n) is 20.2. The highest BCUT2D eigenvalue weighted by Gasteiger charge is 2.54.